The van der Waals surface area contributed by atoms with Gasteiger partial charge < -0.3 is 97.0 Å². The number of carboxylic acid groups (broad SMARTS) is 1. The molecule has 29 heteroatoms. The molecule has 8 amide bonds. The lowest BCUT2D eigenvalue weighted by atomic mass is 9.95. The lowest BCUT2D eigenvalue weighted by Gasteiger charge is -2.31. The number of aliphatic imine (C=N–C) groups is 2. The van der Waals surface area contributed by atoms with Crippen LogP contribution in [0.25, 0.3) is 32.7 Å². The van der Waals surface area contributed by atoms with E-state index in [-0.39, 0.29) is 70.0 Å². The van der Waals surface area contributed by atoms with Crippen molar-refractivity contribution in [1.29, 1.82) is 0 Å². The number of aliphatic carboxylic acids is 1. The minimum Gasteiger partial charge on any atom is -0.480 e. The number of rotatable bonds is 40. The van der Waals surface area contributed by atoms with Crippen LogP contribution in [0.15, 0.2) is 101 Å². The van der Waals surface area contributed by atoms with Gasteiger partial charge in [-0.2, -0.15) is 0 Å². The average molecular weight is 1340 g/mol. The standard InChI is InChI=1S/C68H99N19O10/c1-7-38(5)56(86-58(88)46(70)22-17-29-75-67(71)72)64(94)80-50(26-15-16-28-69)59(89)85-55(37(3)4)63(93)87-57(39(6)8-2)65(95)84-54(33-42-36-79-49-25-14-11-21-45(42)49)62(92)83-53(32-41-35-78-48-24-13-10-20-44(41)48)61(91)82-52(31-40-34-77-47-23-12-9-19-43(40)47)60(90)81-51(66(96)97)27-18-30-76-68(73)74/h9-14,19-21,23-25,34-39,46,50-57,77-79H,7-8,15-18,22,26-33,69-70H2,1-6H3,(H,80,94)(H,81,90)(H,82,91)(H,83,92)(H,84,95)(H,85,89)(H,86,88)(H,87,93)(H,96,97)(H4,71,72,75)(H4,73,74,76)/t38-,39-,46-,50-,51-,52-,53-,54-,55-,56-,57-/m0/s1. The number of nitrogens with zero attached hydrogens (tertiary/aromatic N) is 2. The van der Waals surface area contributed by atoms with Crippen molar-refractivity contribution in [3.8, 4) is 0 Å². The number of carbonyl (C=O) groups excluding carboxylic acids is 8. The summed E-state index contributed by atoms with van der Waals surface area (Å²) in [5.74, 6) is -9.09. The maximum Gasteiger partial charge on any atom is 0.326 e. The van der Waals surface area contributed by atoms with Gasteiger partial charge in [-0.3, -0.25) is 48.3 Å². The van der Waals surface area contributed by atoms with Gasteiger partial charge in [0.25, 0.3) is 0 Å². The molecule has 0 saturated carbocycles. The van der Waals surface area contributed by atoms with Crippen molar-refractivity contribution in [3.63, 3.8) is 0 Å². The molecule has 526 valence electrons. The number of aromatic amines is 3. The van der Waals surface area contributed by atoms with Crippen LogP contribution in [0.3, 0.4) is 0 Å². The fourth-order valence-corrected chi connectivity index (χ4v) is 11.4. The van der Waals surface area contributed by atoms with Gasteiger partial charge in [0.2, 0.25) is 47.3 Å². The molecule has 0 spiro atoms. The highest BCUT2D eigenvalue weighted by atomic mass is 16.4. The van der Waals surface area contributed by atoms with Gasteiger partial charge in [-0.15, -0.1) is 0 Å². The molecule has 97 heavy (non-hydrogen) atoms. The molecule has 11 atom stereocenters. The van der Waals surface area contributed by atoms with Crippen molar-refractivity contribution < 1.29 is 48.3 Å². The first kappa shape index (κ1) is 76.0. The summed E-state index contributed by atoms with van der Waals surface area (Å²) in [6.07, 6.45) is 7.33. The van der Waals surface area contributed by atoms with E-state index in [0.29, 0.717) is 55.3 Å². The zero-order chi connectivity index (χ0) is 70.9. The molecule has 0 radical (unpaired) electrons. The predicted molar refractivity (Wildman–Crippen MR) is 374 cm³/mol. The van der Waals surface area contributed by atoms with Gasteiger partial charge in [0, 0.05) is 83.7 Å². The number of carbonyl (C=O) groups is 9. The molecule has 6 aromatic rings. The van der Waals surface area contributed by atoms with Crippen LogP contribution in [0.4, 0.5) is 0 Å². The van der Waals surface area contributed by atoms with Gasteiger partial charge in [-0.1, -0.05) is 109 Å². The molecule has 0 unspecified atom stereocenters. The van der Waals surface area contributed by atoms with E-state index in [4.69, 9.17) is 34.4 Å². The monoisotopic (exact) mass is 1340 g/mol. The Morgan fingerprint density at radius 1 is 0.433 bits per heavy atom. The van der Waals surface area contributed by atoms with Crippen molar-refractivity contribution in [2.75, 3.05) is 19.6 Å². The van der Waals surface area contributed by atoms with Gasteiger partial charge in [-0.25, -0.2) is 4.79 Å². The van der Waals surface area contributed by atoms with Crippen LogP contribution in [0, 0.1) is 17.8 Å². The van der Waals surface area contributed by atoms with Crippen molar-refractivity contribution in [2.24, 2.45) is 62.1 Å². The third kappa shape index (κ3) is 22.3. The first-order valence-corrected chi connectivity index (χ1v) is 33.2. The Balaban J connectivity index is 1.30. The summed E-state index contributed by atoms with van der Waals surface area (Å²) in [4.78, 5) is 147. The van der Waals surface area contributed by atoms with Crippen LogP contribution in [-0.4, -0.2) is 159 Å². The Bertz CT molecular complexity index is 3700. The number of benzene rings is 3. The number of nitrogens with two attached hydrogens (primary N) is 6. The fraction of sp³-hybridized carbons (Fsp3) is 0.485. The zero-order valence-corrected chi connectivity index (χ0v) is 56.2. The van der Waals surface area contributed by atoms with E-state index >= 15 is 14.4 Å². The Kier molecular flexibility index (Phi) is 29.2. The minimum absolute atomic E-state index is 0.0606. The summed E-state index contributed by atoms with van der Waals surface area (Å²) in [6.45, 7) is 11.2. The molecule has 0 saturated heterocycles. The van der Waals surface area contributed by atoms with Gasteiger partial charge in [0.15, 0.2) is 11.9 Å². The van der Waals surface area contributed by atoms with Crippen molar-refractivity contribution in [3.05, 3.63) is 108 Å². The van der Waals surface area contributed by atoms with E-state index in [1.807, 2.05) is 86.6 Å². The number of carboxylic acids is 1. The number of hydrogen-bond donors (Lipinski definition) is 18. The van der Waals surface area contributed by atoms with E-state index < -0.39 is 125 Å². The highest BCUT2D eigenvalue weighted by Gasteiger charge is 2.38. The van der Waals surface area contributed by atoms with Crippen molar-refractivity contribution >= 4 is 97.9 Å². The minimum atomic E-state index is -1.46. The Morgan fingerprint density at radius 2 is 0.773 bits per heavy atom. The molecular weight excluding hydrogens is 1240 g/mol. The SMILES string of the molecule is CC[C@H](C)[C@H](NC(=O)[C@@H](NC(=O)[C@H](CCCCN)NC(=O)[C@@H](NC(=O)[C@@H](N)CCCN=C(N)N)[C@@H](C)CC)C(C)C)C(=O)N[C@@H](Cc1c[nH]c2ccccc12)C(=O)N[C@@H](Cc1c[nH]c2ccccc12)C(=O)N[C@@H](Cc1c[nH]c2ccccc12)C(=O)N[C@@H](CCCN=C(N)N)C(=O)O. The number of unbranched alkanes of at least 4 members (excludes halogenated alkanes) is 1. The highest BCUT2D eigenvalue weighted by Crippen LogP contribution is 2.24. The summed E-state index contributed by atoms with van der Waals surface area (Å²) in [7, 11) is 0. The second-order valence-electron chi connectivity index (χ2n) is 25.1. The van der Waals surface area contributed by atoms with E-state index in [9.17, 15) is 33.9 Å². The molecule has 0 aliphatic carbocycles. The molecule has 6 rings (SSSR count). The van der Waals surface area contributed by atoms with Crippen molar-refractivity contribution in [2.45, 2.75) is 173 Å². The largest absolute Gasteiger partial charge is 0.480 e. The van der Waals surface area contributed by atoms with Crippen LogP contribution in [0.1, 0.15) is 116 Å². The van der Waals surface area contributed by atoms with E-state index in [1.54, 1.807) is 46.3 Å². The van der Waals surface area contributed by atoms with Crippen LogP contribution in [0.2, 0.25) is 0 Å². The maximum absolute atomic E-state index is 15.4. The van der Waals surface area contributed by atoms with Crippen LogP contribution >= 0.6 is 0 Å². The lowest BCUT2D eigenvalue weighted by Crippen LogP contribution is -2.62. The van der Waals surface area contributed by atoms with E-state index in [2.05, 4.69) is 67.5 Å². The zero-order valence-electron chi connectivity index (χ0n) is 56.2. The topological polar surface area (TPSA) is 498 Å². The third-order valence-electron chi connectivity index (χ3n) is 17.5. The second-order valence-corrected chi connectivity index (χ2v) is 25.1. The fourth-order valence-electron chi connectivity index (χ4n) is 11.4. The number of nitrogens with one attached hydrogen (secondary N) is 11. The number of H-pyrrole nitrogens is 3. The Hall–Kier alpha value is -10.0. The van der Waals surface area contributed by atoms with Gasteiger partial charge in [-0.05, 0) is 104 Å². The van der Waals surface area contributed by atoms with Gasteiger partial charge in [0.05, 0.1) is 6.04 Å². The number of amides is 8. The quantitative estimate of drug-likeness (QED) is 0.0147. The number of hydrogen-bond acceptors (Lipinski definition) is 13. The number of para-hydroxylation sites is 3. The molecule has 3 heterocycles. The molecule has 24 N–H and O–H groups in total. The first-order chi connectivity index (χ1) is 46.3. The molecule has 3 aromatic carbocycles. The summed E-state index contributed by atoms with van der Waals surface area (Å²) >= 11 is 0. The molecule has 0 bridgehead atoms. The smallest absolute Gasteiger partial charge is 0.326 e. The average Bonchev–Trinajstić information content (AvgIpc) is 1.74. The Morgan fingerprint density at radius 3 is 1.16 bits per heavy atom. The van der Waals surface area contributed by atoms with E-state index in [0.717, 1.165) is 32.7 Å². The number of aromatic nitrogens is 3. The second kappa shape index (κ2) is 37.3. The number of guanidine groups is 2. The maximum atomic E-state index is 15.4. The van der Waals surface area contributed by atoms with Gasteiger partial charge in [0.1, 0.15) is 48.3 Å². The van der Waals surface area contributed by atoms with Crippen molar-refractivity contribution in [1.82, 2.24) is 57.5 Å². The highest BCUT2D eigenvalue weighted by molar-refractivity contribution is 5.99. The predicted octanol–water partition coefficient (Wildman–Crippen LogP) is 1.43. The lowest BCUT2D eigenvalue weighted by molar-refractivity contribution is -0.142. The molecule has 0 aliphatic heterocycles. The number of fused-ring (bicyclic) bond motifs is 3. The third-order valence-corrected chi connectivity index (χ3v) is 17.5. The molecule has 29 nitrogen and oxygen atoms in total. The van der Waals surface area contributed by atoms with Crippen LogP contribution in [0.5, 0.6) is 0 Å². The molecule has 0 fully saturated rings. The normalized spacial score (nSPS) is 14.8. The van der Waals surface area contributed by atoms with Gasteiger partial charge >= 0.3 is 5.97 Å². The summed E-state index contributed by atoms with van der Waals surface area (Å²) < 4.78 is 0. The summed E-state index contributed by atoms with van der Waals surface area (Å²) in [5, 5.41) is 35.1. The molecular formula is C68H99N19O10. The summed E-state index contributed by atoms with van der Waals surface area (Å²) in [5.41, 5.74) is 38.0. The summed E-state index contributed by atoms with van der Waals surface area (Å²) in [6, 6.07) is 10.4. The van der Waals surface area contributed by atoms with Crippen LogP contribution < -0.4 is 76.9 Å². The van der Waals surface area contributed by atoms with E-state index in [1.165, 1.54) is 0 Å². The van der Waals surface area contributed by atoms with Crippen LogP contribution in [-0.2, 0) is 62.4 Å². The Labute approximate surface area is 564 Å². The first-order valence-electron chi connectivity index (χ1n) is 33.2. The molecule has 0 aliphatic rings. The molecule has 3 aromatic heterocycles.